The fourth-order valence-electron chi connectivity index (χ4n) is 3.58. The van der Waals surface area contributed by atoms with E-state index in [1.807, 2.05) is 18.2 Å². The van der Waals surface area contributed by atoms with Crippen LogP contribution in [0, 0.1) is 5.92 Å². The van der Waals surface area contributed by atoms with Gasteiger partial charge in [-0.1, -0.05) is 6.42 Å². The average molecular weight is 437 g/mol. The van der Waals surface area contributed by atoms with Crippen LogP contribution in [0.2, 0.25) is 0 Å². The number of morpholine rings is 1. The van der Waals surface area contributed by atoms with Gasteiger partial charge >= 0.3 is 6.18 Å². The zero-order valence-electron chi connectivity index (χ0n) is 17.3. The molecule has 2 heterocycles. The highest BCUT2D eigenvalue weighted by Gasteiger charge is 2.35. The third-order valence-electron chi connectivity index (χ3n) is 5.62. The number of hydrogen-bond donors (Lipinski definition) is 2. The molecule has 1 aromatic carbocycles. The second-order valence-corrected chi connectivity index (χ2v) is 7.72. The largest absolute Gasteiger partial charge is 0.491 e. The van der Waals surface area contributed by atoms with E-state index in [0.29, 0.717) is 37.2 Å². The molecule has 1 aliphatic carbocycles. The van der Waals surface area contributed by atoms with Gasteiger partial charge in [0.15, 0.2) is 0 Å². The zero-order valence-corrected chi connectivity index (χ0v) is 17.3. The number of alkyl halides is 3. The van der Waals surface area contributed by atoms with Crippen molar-refractivity contribution in [3.05, 3.63) is 30.0 Å². The first-order valence-corrected chi connectivity index (χ1v) is 10.4. The van der Waals surface area contributed by atoms with Gasteiger partial charge in [-0.15, -0.1) is 0 Å². The molecule has 10 heteroatoms. The number of hydrogen-bond acceptors (Lipinski definition) is 7. The second kappa shape index (κ2) is 9.17. The Bertz CT molecular complexity index is 899. The minimum Gasteiger partial charge on any atom is -0.491 e. The van der Waals surface area contributed by atoms with Crippen molar-refractivity contribution in [3.8, 4) is 5.75 Å². The number of rotatable bonds is 7. The molecule has 0 spiro atoms. The van der Waals surface area contributed by atoms with Crippen LogP contribution in [0.3, 0.4) is 0 Å². The summed E-state index contributed by atoms with van der Waals surface area (Å²) in [6, 6.07) is 5.75. The quantitative estimate of drug-likeness (QED) is 0.669. The Labute approximate surface area is 179 Å². The van der Waals surface area contributed by atoms with Gasteiger partial charge in [-0.25, -0.2) is 4.98 Å². The smallest absolute Gasteiger partial charge is 0.421 e. The van der Waals surface area contributed by atoms with Crippen molar-refractivity contribution >= 4 is 23.1 Å². The third-order valence-corrected chi connectivity index (χ3v) is 5.62. The molecule has 1 saturated heterocycles. The second-order valence-electron chi connectivity index (χ2n) is 7.72. The normalized spacial score (nSPS) is 17.2. The van der Waals surface area contributed by atoms with Gasteiger partial charge < -0.3 is 25.0 Å². The standard InChI is InChI=1S/C21H26F3N5O2/c1-25-19-16(21(22,23)24)12-26-20(28-19)27-17-6-5-15(29-7-9-30-10-8-29)11-18(17)31-13-14-3-2-4-14/h5-6,11-12,14H,2-4,7-10,13H2,1H3,(H2,25,26,27,28). The molecule has 1 aromatic heterocycles. The lowest BCUT2D eigenvalue weighted by molar-refractivity contribution is -0.137. The number of aromatic nitrogens is 2. The molecule has 0 amide bonds. The first-order valence-electron chi connectivity index (χ1n) is 10.4. The SMILES string of the molecule is CNc1nc(Nc2ccc(N3CCOCC3)cc2OCC2CCC2)ncc1C(F)(F)F. The lowest BCUT2D eigenvalue weighted by atomic mass is 9.86. The maximum Gasteiger partial charge on any atom is 0.421 e. The van der Waals surface area contributed by atoms with Gasteiger partial charge in [0.1, 0.15) is 17.1 Å². The van der Waals surface area contributed by atoms with E-state index in [-0.39, 0.29) is 11.8 Å². The Morgan fingerprint density at radius 3 is 2.65 bits per heavy atom. The highest BCUT2D eigenvalue weighted by molar-refractivity contribution is 5.69. The van der Waals surface area contributed by atoms with Crippen molar-refractivity contribution in [2.24, 2.45) is 5.92 Å². The van der Waals surface area contributed by atoms with E-state index < -0.39 is 11.7 Å². The van der Waals surface area contributed by atoms with E-state index >= 15 is 0 Å². The summed E-state index contributed by atoms with van der Waals surface area (Å²) in [5.41, 5.74) is 0.713. The molecule has 2 N–H and O–H groups in total. The maximum atomic E-state index is 13.1. The molecule has 0 radical (unpaired) electrons. The molecule has 0 unspecified atom stereocenters. The highest BCUT2D eigenvalue weighted by atomic mass is 19.4. The van der Waals surface area contributed by atoms with Gasteiger partial charge in [0.2, 0.25) is 5.95 Å². The van der Waals surface area contributed by atoms with Crippen LogP contribution in [-0.2, 0) is 10.9 Å². The Morgan fingerprint density at radius 2 is 2.00 bits per heavy atom. The number of nitrogens with one attached hydrogen (secondary N) is 2. The summed E-state index contributed by atoms with van der Waals surface area (Å²) < 4.78 is 50.9. The van der Waals surface area contributed by atoms with Crippen molar-refractivity contribution in [2.45, 2.75) is 25.4 Å². The molecule has 0 atom stereocenters. The van der Waals surface area contributed by atoms with Gasteiger partial charge in [-0.05, 0) is 30.9 Å². The number of nitrogens with zero attached hydrogens (tertiary/aromatic N) is 3. The Balaban J connectivity index is 1.58. The monoisotopic (exact) mass is 437 g/mol. The van der Waals surface area contributed by atoms with E-state index in [0.717, 1.165) is 37.8 Å². The van der Waals surface area contributed by atoms with Crippen LogP contribution in [-0.4, -0.2) is 49.9 Å². The first kappa shape index (κ1) is 21.5. The zero-order chi connectivity index (χ0) is 21.8. The van der Waals surface area contributed by atoms with Crippen molar-refractivity contribution in [1.29, 1.82) is 0 Å². The van der Waals surface area contributed by atoms with Crippen LogP contribution < -0.4 is 20.3 Å². The maximum absolute atomic E-state index is 13.1. The van der Waals surface area contributed by atoms with Gasteiger partial charge in [0.05, 0.1) is 25.5 Å². The minimum absolute atomic E-state index is 0.0602. The lowest BCUT2D eigenvalue weighted by Crippen LogP contribution is -2.36. The molecule has 4 rings (SSSR count). The highest BCUT2D eigenvalue weighted by Crippen LogP contribution is 2.36. The molecule has 31 heavy (non-hydrogen) atoms. The van der Waals surface area contributed by atoms with Crippen LogP contribution in [0.1, 0.15) is 24.8 Å². The molecular weight excluding hydrogens is 411 g/mol. The minimum atomic E-state index is -4.53. The van der Waals surface area contributed by atoms with Gasteiger partial charge in [-0.2, -0.15) is 18.2 Å². The topological polar surface area (TPSA) is 71.5 Å². The summed E-state index contributed by atoms with van der Waals surface area (Å²) in [6.45, 7) is 3.54. The van der Waals surface area contributed by atoms with Crippen molar-refractivity contribution < 1.29 is 22.6 Å². The van der Waals surface area contributed by atoms with Crippen molar-refractivity contribution in [2.75, 3.05) is 55.5 Å². The summed E-state index contributed by atoms with van der Waals surface area (Å²) >= 11 is 0. The van der Waals surface area contributed by atoms with Gasteiger partial charge in [-0.3, -0.25) is 0 Å². The number of anilines is 4. The molecule has 2 aromatic rings. The lowest BCUT2D eigenvalue weighted by Gasteiger charge is -2.30. The van der Waals surface area contributed by atoms with Crippen LogP contribution in [0.15, 0.2) is 24.4 Å². The predicted octanol–water partition coefficient (Wildman–Crippen LogP) is 4.30. The Morgan fingerprint density at radius 1 is 1.23 bits per heavy atom. The molecule has 7 nitrogen and oxygen atoms in total. The molecule has 1 saturated carbocycles. The van der Waals surface area contributed by atoms with E-state index in [1.54, 1.807) is 0 Å². The van der Waals surface area contributed by atoms with E-state index in [9.17, 15) is 13.2 Å². The molecule has 1 aliphatic heterocycles. The van der Waals surface area contributed by atoms with Gasteiger partial charge in [0, 0.05) is 38.1 Å². The van der Waals surface area contributed by atoms with Crippen molar-refractivity contribution in [1.82, 2.24) is 9.97 Å². The summed E-state index contributed by atoms with van der Waals surface area (Å²) in [5, 5.41) is 5.51. The number of benzene rings is 1. The predicted molar refractivity (Wildman–Crippen MR) is 112 cm³/mol. The summed E-state index contributed by atoms with van der Waals surface area (Å²) in [6.07, 6.45) is -0.232. The number of ether oxygens (including phenoxy) is 2. The van der Waals surface area contributed by atoms with Gasteiger partial charge in [0.25, 0.3) is 0 Å². The molecule has 0 bridgehead atoms. The van der Waals surface area contributed by atoms with E-state index in [4.69, 9.17) is 9.47 Å². The van der Waals surface area contributed by atoms with Crippen LogP contribution in [0.25, 0.3) is 0 Å². The van der Waals surface area contributed by atoms with Crippen LogP contribution in [0.5, 0.6) is 5.75 Å². The fourth-order valence-corrected chi connectivity index (χ4v) is 3.58. The van der Waals surface area contributed by atoms with Crippen LogP contribution in [0.4, 0.5) is 36.3 Å². The molecule has 2 fully saturated rings. The van der Waals surface area contributed by atoms with Crippen LogP contribution >= 0.6 is 0 Å². The number of halogens is 3. The molecule has 168 valence electrons. The summed E-state index contributed by atoms with van der Waals surface area (Å²) in [4.78, 5) is 10.1. The summed E-state index contributed by atoms with van der Waals surface area (Å²) in [7, 11) is 1.39. The van der Waals surface area contributed by atoms with E-state index in [1.165, 1.54) is 13.5 Å². The Hall–Kier alpha value is -2.75. The average Bonchev–Trinajstić information content (AvgIpc) is 2.73. The molecular formula is C21H26F3N5O2. The fraction of sp³-hybridized carbons (Fsp3) is 0.524. The third kappa shape index (κ3) is 5.12. The Kier molecular flexibility index (Phi) is 6.35. The molecule has 2 aliphatic rings. The first-order chi connectivity index (χ1) is 14.9. The summed E-state index contributed by atoms with van der Waals surface area (Å²) in [5.74, 6) is 0.945. The van der Waals surface area contributed by atoms with Crippen molar-refractivity contribution in [3.63, 3.8) is 0 Å². The van der Waals surface area contributed by atoms with E-state index in [2.05, 4.69) is 25.5 Å².